The average Bonchev–Trinajstić information content (AvgIpc) is 2.61. The minimum Gasteiger partial charge on any atom is -0.493 e. The van der Waals surface area contributed by atoms with E-state index in [1.54, 1.807) is 31.4 Å². The van der Waals surface area contributed by atoms with Crippen molar-refractivity contribution < 1.29 is 19.2 Å². The second kappa shape index (κ2) is 8.29. The van der Waals surface area contributed by atoms with Crippen LogP contribution < -0.4 is 14.8 Å². The topological polar surface area (TPSA) is 90.7 Å². The SMILES string of the molecule is COc1ccc(C=CC(=O)Nc2ccc([N+](=O)[O-])cc2Br)cc1OC. The molecule has 0 unspecified atom stereocenters. The van der Waals surface area contributed by atoms with Crippen LogP contribution in [0.4, 0.5) is 11.4 Å². The number of nitro groups is 1. The van der Waals surface area contributed by atoms with E-state index >= 15 is 0 Å². The molecular formula is C17H15BrN2O5. The third-order valence-corrected chi connectivity index (χ3v) is 3.91. The van der Waals surface area contributed by atoms with Crippen molar-refractivity contribution in [1.82, 2.24) is 0 Å². The molecule has 1 amide bonds. The van der Waals surface area contributed by atoms with Gasteiger partial charge in [-0.3, -0.25) is 14.9 Å². The maximum atomic E-state index is 12.0. The summed E-state index contributed by atoms with van der Waals surface area (Å²) >= 11 is 3.20. The first-order valence-electron chi connectivity index (χ1n) is 7.09. The monoisotopic (exact) mass is 406 g/mol. The number of methoxy groups -OCH3 is 2. The lowest BCUT2D eigenvalue weighted by Crippen LogP contribution is -2.08. The molecule has 0 aliphatic carbocycles. The molecule has 2 rings (SSSR count). The number of non-ortho nitro benzene ring substituents is 1. The van der Waals surface area contributed by atoms with Gasteiger partial charge in [0, 0.05) is 22.7 Å². The molecule has 25 heavy (non-hydrogen) atoms. The second-order valence-corrected chi connectivity index (χ2v) is 5.71. The van der Waals surface area contributed by atoms with Gasteiger partial charge in [-0.2, -0.15) is 0 Å². The number of hydrogen-bond donors (Lipinski definition) is 1. The minimum absolute atomic E-state index is 0.0641. The van der Waals surface area contributed by atoms with E-state index in [9.17, 15) is 14.9 Å². The first-order chi connectivity index (χ1) is 11.9. The first-order valence-corrected chi connectivity index (χ1v) is 7.89. The Morgan fingerprint density at radius 1 is 1.16 bits per heavy atom. The summed E-state index contributed by atoms with van der Waals surface area (Å²) in [6.07, 6.45) is 2.98. The number of anilines is 1. The van der Waals surface area contributed by atoms with E-state index in [1.165, 1.54) is 31.4 Å². The van der Waals surface area contributed by atoms with Gasteiger partial charge in [0.25, 0.3) is 5.69 Å². The zero-order valence-corrected chi connectivity index (χ0v) is 15.1. The number of ether oxygens (including phenoxy) is 2. The van der Waals surface area contributed by atoms with E-state index < -0.39 is 4.92 Å². The molecule has 1 N–H and O–H groups in total. The Morgan fingerprint density at radius 2 is 1.88 bits per heavy atom. The summed E-state index contributed by atoms with van der Waals surface area (Å²) in [4.78, 5) is 22.2. The van der Waals surface area contributed by atoms with Crippen LogP contribution in [0, 0.1) is 10.1 Å². The fourth-order valence-corrected chi connectivity index (χ4v) is 2.49. The molecule has 0 saturated heterocycles. The molecule has 0 aliphatic rings. The summed E-state index contributed by atoms with van der Waals surface area (Å²) in [5.74, 6) is 0.784. The highest BCUT2D eigenvalue weighted by Crippen LogP contribution is 2.29. The van der Waals surface area contributed by atoms with E-state index in [0.717, 1.165) is 5.56 Å². The number of nitro benzene ring substituents is 1. The van der Waals surface area contributed by atoms with E-state index in [0.29, 0.717) is 21.7 Å². The van der Waals surface area contributed by atoms with Crippen molar-refractivity contribution in [3.63, 3.8) is 0 Å². The Labute approximate surface area is 152 Å². The molecule has 0 heterocycles. The van der Waals surface area contributed by atoms with Crippen LogP contribution >= 0.6 is 15.9 Å². The average molecular weight is 407 g/mol. The first kappa shape index (κ1) is 18.5. The summed E-state index contributed by atoms with van der Waals surface area (Å²) in [5.41, 5.74) is 1.13. The van der Waals surface area contributed by atoms with E-state index in [1.807, 2.05) is 0 Å². The Balaban J connectivity index is 2.10. The van der Waals surface area contributed by atoms with Crippen LogP contribution in [-0.2, 0) is 4.79 Å². The fraction of sp³-hybridized carbons (Fsp3) is 0.118. The normalized spacial score (nSPS) is 10.5. The van der Waals surface area contributed by atoms with Gasteiger partial charge in [0.2, 0.25) is 5.91 Å². The Bertz CT molecular complexity index is 836. The zero-order valence-electron chi connectivity index (χ0n) is 13.5. The lowest BCUT2D eigenvalue weighted by atomic mass is 10.2. The maximum Gasteiger partial charge on any atom is 0.270 e. The number of amides is 1. The highest BCUT2D eigenvalue weighted by atomic mass is 79.9. The smallest absolute Gasteiger partial charge is 0.270 e. The van der Waals surface area contributed by atoms with Crippen molar-refractivity contribution in [2.75, 3.05) is 19.5 Å². The molecule has 0 spiro atoms. The summed E-state index contributed by atoms with van der Waals surface area (Å²) in [7, 11) is 3.08. The molecular weight excluding hydrogens is 392 g/mol. The fourth-order valence-electron chi connectivity index (χ4n) is 2.02. The predicted octanol–water partition coefficient (Wildman–Crippen LogP) is 4.03. The highest BCUT2D eigenvalue weighted by Gasteiger charge is 2.10. The number of nitrogens with one attached hydrogen (secondary N) is 1. The van der Waals surface area contributed by atoms with Crippen LogP contribution in [0.3, 0.4) is 0 Å². The molecule has 0 fully saturated rings. The van der Waals surface area contributed by atoms with E-state index in [-0.39, 0.29) is 11.6 Å². The van der Waals surface area contributed by atoms with Crippen molar-refractivity contribution in [3.05, 3.63) is 62.6 Å². The van der Waals surface area contributed by atoms with Gasteiger partial charge >= 0.3 is 0 Å². The lowest BCUT2D eigenvalue weighted by molar-refractivity contribution is -0.384. The van der Waals surface area contributed by atoms with Gasteiger partial charge in [-0.05, 0) is 45.8 Å². The Kier molecular flexibility index (Phi) is 6.13. The zero-order chi connectivity index (χ0) is 18.4. The maximum absolute atomic E-state index is 12.0. The van der Waals surface area contributed by atoms with Crippen molar-refractivity contribution >= 4 is 39.3 Å². The number of halogens is 1. The molecule has 2 aromatic rings. The Hall–Kier alpha value is -2.87. The number of carbonyl (C=O) groups excluding carboxylic acids is 1. The van der Waals surface area contributed by atoms with Gasteiger partial charge in [0.15, 0.2) is 11.5 Å². The molecule has 0 saturated carbocycles. The van der Waals surface area contributed by atoms with Crippen LogP contribution in [0.25, 0.3) is 6.08 Å². The summed E-state index contributed by atoms with van der Waals surface area (Å²) in [6, 6.07) is 9.37. The highest BCUT2D eigenvalue weighted by molar-refractivity contribution is 9.10. The molecule has 7 nitrogen and oxygen atoms in total. The molecule has 0 atom stereocenters. The number of hydrogen-bond acceptors (Lipinski definition) is 5. The van der Waals surface area contributed by atoms with Crippen molar-refractivity contribution in [1.29, 1.82) is 0 Å². The summed E-state index contributed by atoms with van der Waals surface area (Å²) in [6.45, 7) is 0. The van der Waals surface area contributed by atoms with Crippen LogP contribution in [-0.4, -0.2) is 25.1 Å². The van der Waals surface area contributed by atoms with Crippen molar-refractivity contribution in [2.45, 2.75) is 0 Å². The predicted molar refractivity (Wildman–Crippen MR) is 98.0 cm³/mol. The van der Waals surface area contributed by atoms with E-state index in [2.05, 4.69) is 21.2 Å². The molecule has 8 heteroatoms. The van der Waals surface area contributed by atoms with Gasteiger partial charge in [-0.15, -0.1) is 0 Å². The third-order valence-electron chi connectivity index (χ3n) is 3.26. The number of carbonyl (C=O) groups is 1. The van der Waals surface area contributed by atoms with Crippen LogP contribution in [0.1, 0.15) is 5.56 Å². The largest absolute Gasteiger partial charge is 0.493 e. The van der Waals surface area contributed by atoms with Gasteiger partial charge in [0.05, 0.1) is 24.8 Å². The molecule has 2 aromatic carbocycles. The van der Waals surface area contributed by atoms with Crippen LogP contribution in [0.5, 0.6) is 11.5 Å². The number of benzene rings is 2. The van der Waals surface area contributed by atoms with Crippen molar-refractivity contribution in [2.24, 2.45) is 0 Å². The second-order valence-electron chi connectivity index (χ2n) is 4.86. The quantitative estimate of drug-likeness (QED) is 0.444. The standard InChI is InChI=1S/C17H15BrN2O5/c1-24-15-7-3-11(9-16(15)25-2)4-8-17(21)19-14-6-5-12(20(22)23)10-13(14)18/h3-10H,1-2H3,(H,19,21). The van der Waals surface area contributed by atoms with Gasteiger partial charge < -0.3 is 14.8 Å². The van der Waals surface area contributed by atoms with Gasteiger partial charge in [-0.1, -0.05) is 6.07 Å². The third kappa shape index (κ3) is 4.80. The number of rotatable bonds is 6. The molecule has 0 aliphatic heterocycles. The Morgan fingerprint density at radius 3 is 2.48 bits per heavy atom. The molecule has 0 aromatic heterocycles. The van der Waals surface area contributed by atoms with E-state index in [4.69, 9.17) is 9.47 Å². The van der Waals surface area contributed by atoms with Crippen LogP contribution in [0.15, 0.2) is 46.9 Å². The van der Waals surface area contributed by atoms with Crippen molar-refractivity contribution in [3.8, 4) is 11.5 Å². The molecule has 0 bridgehead atoms. The summed E-state index contributed by atoms with van der Waals surface area (Å²) in [5, 5.41) is 13.4. The molecule has 0 radical (unpaired) electrons. The molecule has 130 valence electrons. The number of nitrogens with zero attached hydrogens (tertiary/aromatic N) is 1. The minimum atomic E-state index is -0.507. The van der Waals surface area contributed by atoms with Gasteiger partial charge in [-0.25, -0.2) is 0 Å². The van der Waals surface area contributed by atoms with Gasteiger partial charge in [0.1, 0.15) is 0 Å². The van der Waals surface area contributed by atoms with Crippen LogP contribution in [0.2, 0.25) is 0 Å². The lowest BCUT2D eigenvalue weighted by Gasteiger charge is -2.07. The summed E-state index contributed by atoms with van der Waals surface area (Å²) < 4.78 is 10.8.